The van der Waals surface area contributed by atoms with Crippen LogP contribution >= 0.6 is 0 Å². The molecule has 140 valence electrons. The number of anilines is 1. The van der Waals surface area contributed by atoms with Crippen LogP contribution in [0.4, 0.5) is 10.6 Å². The molecular formula is C17H22N4O5. The number of nitrogens with one attached hydrogen (secondary N) is 1. The fourth-order valence-electron chi connectivity index (χ4n) is 2.08. The molecule has 2 rings (SSSR count). The van der Waals surface area contributed by atoms with E-state index in [9.17, 15) is 9.59 Å². The Kier molecular flexibility index (Phi) is 5.81. The summed E-state index contributed by atoms with van der Waals surface area (Å²) in [5.74, 6) is 0.111. The van der Waals surface area contributed by atoms with E-state index < -0.39 is 17.7 Å². The van der Waals surface area contributed by atoms with Gasteiger partial charge >= 0.3 is 12.1 Å². The van der Waals surface area contributed by atoms with E-state index in [-0.39, 0.29) is 5.69 Å². The van der Waals surface area contributed by atoms with Crippen molar-refractivity contribution in [1.82, 2.24) is 14.8 Å². The number of methoxy groups -OCH3 is 2. The third-order valence-electron chi connectivity index (χ3n) is 3.13. The molecule has 1 amide bonds. The Morgan fingerprint density at radius 2 is 1.92 bits per heavy atom. The van der Waals surface area contributed by atoms with Gasteiger partial charge in [-0.25, -0.2) is 14.6 Å². The lowest BCUT2D eigenvalue weighted by atomic mass is 10.2. The van der Waals surface area contributed by atoms with Crippen LogP contribution in [0.15, 0.2) is 24.4 Å². The first-order chi connectivity index (χ1) is 12.2. The normalized spacial score (nSPS) is 11.0. The topological polar surface area (TPSA) is 105 Å². The van der Waals surface area contributed by atoms with E-state index in [2.05, 4.69) is 20.1 Å². The van der Waals surface area contributed by atoms with Gasteiger partial charge < -0.3 is 14.2 Å². The van der Waals surface area contributed by atoms with Gasteiger partial charge in [0.2, 0.25) is 5.88 Å². The number of rotatable bonds is 5. The molecule has 0 aliphatic rings. The van der Waals surface area contributed by atoms with Gasteiger partial charge in [-0.2, -0.15) is 5.10 Å². The van der Waals surface area contributed by atoms with Crippen LogP contribution in [0.5, 0.6) is 5.88 Å². The minimum Gasteiger partial charge on any atom is -0.481 e. The van der Waals surface area contributed by atoms with Crippen LogP contribution < -0.4 is 10.1 Å². The summed E-state index contributed by atoms with van der Waals surface area (Å²) in [5, 5.41) is 6.82. The summed E-state index contributed by atoms with van der Waals surface area (Å²) in [4.78, 5) is 27.4. The molecular weight excluding hydrogens is 340 g/mol. The number of amides is 1. The highest BCUT2D eigenvalue weighted by Gasteiger charge is 2.17. The zero-order valence-corrected chi connectivity index (χ0v) is 15.4. The maximum Gasteiger partial charge on any atom is 0.413 e. The predicted octanol–water partition coefficient (Wildman–Crippen LogP) is 2.47. The molecule has 0 spiro atoms. The van der Waals surface area contributed by atoms with Crippen molar-refractivity contribution in [2.75, 3.05) is 19.5 Å². The van der Waals surface area contributed by atoms with Gasteiger partial charge in [0.15, 0.2) is 11.5 Å². The number of hydrogen-bond acceptors (Lipinski definition) is 7. The number of nitrogens with zero attached hydrogens (tertiary/aromatic N) is 3. The van der Waals surface area contributed by atoms with Crippen LogP contribution in [0.2, 0.25) is 0 Å². The molecule has 2 aromatic heterocycles. The van der Waals surface area contributed by atoms with Crippen molar-refractivity contribution in [1.29, 1.82) is 0 Å². The highest BCUT2D eigenvalue weighted by molar-refractivity contribution is 5.87. The lowest BCUT2D eigenvalue weighted by Crippen LogP contribution is -2.27. The maximum absolute atomic E-state index is 11.8. The van der Waals surface area contributed by atoms with E-state index in [1.165, 1.54) is 14.2 Å². The Labute approximate surface area is 151 Å². The van der Waals surface area contributed by atoms with Crippen molar-refractivity contribution in [3.05, 3.63) is 35.7 Å². The van der Waals surface area contributed by atoms with Crippen molar-refractivity contribution in [2.24, 2.45) is 0 Å². The van der Waals surface area contributed by atoms with Crippen molar-refractivity contribution in [3.8, 4) is 5.88 Å². The molecule has 26 heavy (non-hydrogen) atoms. The average Bonchev–Trinajstić information content (AvgIpc) is 2.99. The summed E-state index contributed by atoms with van der Waals surface area (Å²) in [6.45, 7) is 5.68. The summed E-state index contributed by atoms with van der Waals surface area (Å²) >= 11 is 0. The van der Waals surface area contributed by atoms with Crippen LogP contribution in [-0.4, -0.2) is 46.6 Å². The molecule has 0 bridgehead atoms. The molecule has 9 nitrogen and oxygen atoms in total. The standard InChI is InChI=1S/C17H22N4O5/c1-17(2,3)26-16(23)19-13-8-9-21(20-13)10-11-6-7-12(15(22)25-5)18-14(11)24-4/h6-9H,10H2,1-5H3,(H,19,20,23). The molecule has 0 radical (unpaired) electrons. The van der Waals surface area contributed by atoms with Gasteiger partial charge in [-0.3, -0.25) is 10.00 Å². The van der Waals surface area contributed by atoms with Gasteiger partial charge in [-0.15, -0.1) is 0 Å². The smallest absolute Gasteiger partial charge is 0.413 e. The Morgan fingerprint density at radius 3 is 2.54 bits per heavy atom. The molecule has 0 aliphatic carbocycles. The maximum atomic E-state index is 11.8. The van der Waals surface area contributed by atoms with Crippen LogP contribution in [0.25, 0.3) is 0 Å². The number of aromatic nitrogens is 3. The molecule has 2 heterocycles. The van der Waals surface area contributed by atoms with Crippen molar-refractivity contribution >= 4 is 17.9 Å². The summed E-state index contributed by atoms with van der Waals surface area (Å²) in [5.41, 5.74) is 0.278. The third kappa shape index (κ3) is 5.20. The molecule has 0 fully saturated rings. The van der Waals surface area contributed by atoms with E-state index in [1.807, 2.05) is 0 Å². The summed E-state index contributed by atoms with van der Waals surface area (Å²) in [6, 6.07) is 4.90. The van der Waals surface area contributed by atoms with Crippen molar-refractivity contribution in [2.45, 2.75) is 32.9 Å². The van der Waals surface area contributed by atoms with E-state index >= 15 is 0 Å². The highest BCUT2D eigenvalue weighted by atomic mass is 16.6. The van der Waals surface area contributed by atoms with Gasteiger partial charge in [-0.1, -0.05) is 0 Å². The average molecular weight is 362 g/mol. The second kappa shape index (κ2) is 7.85. The first-order valence-electron chi connectivity index (χ1n) is 7.87. The van der Waals surface area contributed by atoms with Gasteiger partial charge in [-0.05, 0) is 32.9 Å². The second-order valence-corrected chi connectivity index (χ2v) is 6.38. The Morgan fingerprint density at radius 1 is 1.19 bits per heavy atom. The molecule has 1 N–H and O–H groups in total. The van der Waals surface area contributed by atoms with Gasteiger partial charge in [0, 0.05) is 17.8 Å². The number of hydrogen-bond donors (Lipinski definition) is 1. The first-order valence-corrected chi connectivity index (χ1v) is 7.87. The SMILES string of the molecule is COC(=O)c1ccc(Cn2ccc(NC(=O)OC(C)(C)C)n2)c(OC)n1. The molecule has 0 atom stereocenters. The quantitative estimate of drug-likeness (QED) is 0.815. The zero-order valence-electron chi connectivity index (χ0n) is 15.4. The van der Waals surface area contributed by atoms with Crippen LogP contribution in [0.1, 0.15) is 36.8 Å². The number of carbonyl (C=O) groups is 2. The minimum atomic E-state index is -0.590. The minimum absolute atomic E-state index is 0.154. The number of pyridine rings is 1. The number of ether oxygens (including phenoxy) is 3. The van der Waals surface area contributed by atoms with E-state index in [0.29, 0.717) is 23.8 Å². The van der Waals surface area contributed by atoms with Gasteiger partial charge in [0.25, 0.3) is 0 Å². The molecule has 0 saturated heterocycles. The molecule has 0 unspecified atom stereocenters. The molecule has 0 aromatic carbocycles. The summed E-state index contributed by atoms with van der Waals surface area (Å²) in [7, 11) is 2.75. The van der Waals surface area contributed by atoms with Crippen molar-refractivity contribution in [3.63, 3.8) is 0 Å². The van der Waals surface area contributed by atoms with E-state index in [1.54, 1.807) is 49.8 Å². The van der Waals surface area contributed by atoms with Gasteiger partial charge in [0.05, 0.1) is 20.8 Å². The lowest BCUT2D eigenvalue weighted by Gasteiger charge is -2.19. The van der Waals surface area contributed by atoms with Crippen LogP contribution in [0, 0.1) is 0 Å². The zero-order chi connectivity index (χ0) is 19.3. The number of carbonyl (C=O) groups excluding carboxylic acids is 2. The summed E-state index contributed by atoms with van der Waals surface area (Å²) < 4.78 is 16.7. The first kappa shape index (κ1) is 19.2. The fourth-order valence-corrected chi connectivity index (χ4v) is 2.08. The van der Waals surface area contributed by atoms with E-state index in [0.717, 1.165) is 0 Å². The Bertz CT molecular complexity index is 795. The lowest BCUT2D eigenvalue weighted by molar-refractivity contribution is 0.0591. The molecule has 9 heteroatoms. The highest BCUT2D eigenvalue weighted by Crippen LogP contribution is 2.18. The van der Waals surface area contributed by atoms with Crippen LogP contribution in [0.3, 0.4) is 0 Å². The largest absolute Gasteiger partial charge is 0.481 e. The number of esters is 1. The second-order valence-electron chi connectivity index (χ2n) is 6.38. The molecule has 2 aromatic rings. The van der Waals surface area contributed by atoms with Gasteiger partial charge in [0.1, 0.15) is 5.60 Å². The van der Waals surface area contributed by atoms with Crippen molar-refractivity contribution < 1.29 is 23.8 Å². The van der Waals surface area contributed by atoms with E-state index in [4.69, 9.17) is 9.47 Å². The fraction of sp³-hybridized carbons (Fsp3) is 0.412. The Balaban J connectivity index is 2.09. The monoisotopic (exact) mass is 362 g/mol. The molecule has 0 saturated carbocycles. The Hall–Kier alpha value is -3.10. The summed E-state index contributed by atoms with van der Waals surface area (Å²) in [6.07, 6.45) is 1.12. The predicted molar refractivity (Wildman–Crippen MR) is 93.3 cm³/mol. The third-order valence-corrected chi connectivity index (χ3v) is 3.13. The van der Waals surface area contributed by atoms with Crippen LogP contribution in [-0.2, 0) is 16.0 Å². The molecule has 0 aliphatic heterocycles.